The first-order valence-corrected chi connectivity index (χ1v) is 7.67. The predicted octanol–water partition coefficient (Wildman–Crippen LogP) is 4.43. The number of pyridine rings is 1. The molecule has 2 aromatic heterocycles. The zero-order chi connectivity index (χ0) is 17.1. The van der Waals surface area contributed by atoms with Gasteiger partial charge in [-0.15, -0.1) is 10.2 Å². The molecule has 7 heteroatoms. The van der Waals surface area contributed by atoms with Crippen molar-refractivity contribution in [1.29, 1.82) is 0 Å². The third-order valence-corrected chi connectivity index (χ3v) is 3.76. The van der Waals surface area contributed by atoms with Crippen LogP contribution < -0.4 is 0 Å². The molecule has 3 rings (SSSR count). The minimum Gasteiger partial charge on any atom is -0.469 e. The second-order valence-electron chi connectivity index (χ2n) is 5.20. The van der Waals surface area contributed by atoms with Crippen LogP contribution >= 0.6 is 11.6 Å². The Morgan fingerprint density at radius 3 is 2.79 bits per heavy atom. The third kappa shape index (κ3) is 3.28. The molecule has 0 unspecified atom stereocenters. The summed E-state index contributed by atoms with van der Waals surface area (Å²) in [7, 11) is 1.34. The Morgan fingerprint density at radius 1 is 1.25 bits per heavy atom. The molecule has 1 aromatic carbocycles. The van der Waals surface area contributed by atoms with E-state index in [1.165, 1.54) is 7.11 Å². The molecule has 122 valence electrons. The van der Waals surface area contributed by atoms with Gasteiger partial charge in [-0.2, -0.15) is 0 Å². The number of nitrogens with zero attached hydrogens (tertiary/aromatic N) is 4. The van der Waals surface area contributed by atoms with E-state index in [1.807, 2.05) is 31.2 Å². The highest BCUT2D eigenvalue weighted by Gasteiger charge is 2.16. The van der Waals surface area contributed by atoms with Crippen LogP contribution in [-0.4, -0.2) is 22.5 Å². The van der Waals surface area contributed by atoms with E-state index in [2.05, 4.69) is 15.2 Å². The van der Waals surface area contributed by atoms with E-state index in [-0.39, 0.29) is 6.42 Å². The largest absolute Gasteiger partial charge is 0.469 e. The summed E-state index contributed by atoms with van der Waals surface area (Å²) in [4.78, 5) is 16.1. The highest BCUT2D eigenvalue weighted by atomic mass is 35.5. The highest BCUT2D eigenvalue weighted by Crippen LogP contribution is 2.27. The summed E-state index contributed by atoms with van der Waals surface area (Å²) in [5, 5.41) is 9.14. The maximum Gasteiger partial charge on any atom is 0.311 e. The summed E-state index contributed by atoms with van der Waals surface area (Å²) in [5.74, 6) is 0.0676. The summed E-state index contributed by atoms with van der Waals surface area (Å²) in [5.41, 5.74) is 2.87. The van der Waals surface area contributed by atoms with Crippen molar-refractivity contribution in [2.24, 2.45) is 10.2 Å². The van der Waals surface area contributed by atoms with Crippen LogP contribution in [0, 0.1) is 6.92 Å². The molecule has 0 aliphatic heterocycles. The number of aromatic nitrogens is 2. The number of hydrogen-bond acceptors (Lipinski definition) is 5. The summed E-state index contributed by atoms with van der Waals surface area (Å²) in [6.07, 6.45) is 1.70. The fourth-order valence-corrected chi connectivity index (χ4v) is 2.43. The Labute approximate surface area is 143 Å². The average Bonchev–Trinajstić information content (AvgIpc) is 2.90. The van der Waals surface area contributed by atoms with Crippen molar-refractivity contribution in [2.75, 3.05) is 7.11 Å². The lowest BCUT2D eigenvalue weighted by molar-refractivity contribution is -0.139. The van der Waals surface area contributed by atoms with Gasteiger partial charge in [-0.1, -0.05) is 29.8 Å². The first-order chi connectivity index (χ1) is 11.6. The lowest BCUT2D eigenvalue weighted by Crippen LogP contribution is -2.04. The van der Waals surface area contributed by atoms with Crippen molar-refractivity contribution in [3.63, 3.8) is 0 Å². The van der Waals surface area contributed by atoms with Gasteiger partial charge in [-0.25, -0.2) is 4.98 Å². The van der Waals surface area contributed by atoms with Gasteiger partial charge in [0.05, 0.1) is 29.9 Å². The van der Waals surface area contributed by atoms with E-state index >= 15 is 0 Å². The summed E-state index contributed by atoms with van der Waals surface area (Å²) in [6, 6.07) is 11.1. The van der Waals surface area contributed by atoms with Crippen LogP contribution in [0.1, 0.15) is 11.3 Å². The Morgan fingerprint density at radius 2 is 2.04 bits per heavy atom. The molecule has 0 amide bonds. The first kappa shape index (κ1) is 16.1. The number of halogens is 1. The van der Waals surface area contributed by atoms with Gasteiger partial charge < -0.3 is 4.74 Å². The zero-order valence-corrected chi connectivity index (χ0v) is 14.0. The minimum atomic E-state index is -0.392. The average molecular weight is 343 g/mol. The molecule has 0 N–H and O–H groups in total. The van der Waals surface area contributed by atoms with Crippen LogP contribution in [0.4, 0.5) is 11.5 Å². The number of carbonyl (C=O) groups is 1. The molecule has 0 radical (unpaired) electrons. The van der Waals surface area contributed by atoms with Crippen LogP contribution in [0.25, 0.3) is 5.65 Å². The van der Waals surface area contributed by atoms with Crippen molar-refractivity contribution in [3.05, 3.63) is 58.9 Å². The Balaban J connectivity index is 2.09. The first-order valence-electron chi connectivity index (χ1n) is 7.29. The van der Waals surface area contributed by atoms with Gasteiger partial charge in [0, 0.05) is 6.20 Å². The summed E-state index contributed by atoms with van der Waals surface area (Å²) < 4.78 is 6.43. The number of carbonyl (C=O) groups excluding carboxylic acids is 1. The molecular formula is C17H15ClN4O2. The fourth-order valence-electron chi connectivity index (χ4n) is 2.27. The van der Waals surface area contributed by atoms with Crippen LogP contribution in [-0.2, 0) is 16.0 Å². The molecule has 2 heterocycles. The number of aryl methyl sites for hydroxylation is 1. The molecule has 0 aliphatic carbocycles. The van der Waals surface area contributed by atoms with Crippen molar-refractivity contribution in [2.45, 2.75) is 13.3 Å². The van der Waals surface area contributed by atoms with Crippen LogP contribution in [0.5, 0.6) is 0 Å². The Hall–Kier alpha value is -2.73. The smallest absolute Gasteiger partial charge is 0.311 e. The zero-order valence-electron chi connectivity index (χ0n) is 13.2. The monoisotopic (exact) mass is 342 g/mol. The maximum absolute atomic E-state index is 11.6. The van der Waals surface area contributed by atoms with Crippen molar-refractivity contribution >= 4 is 34.7 Å². The molecule has 0 saturated heterocycles. The molecule has 0 saturated carbocycles. The van der Waals surface area contributed by atoms with Crippen LogP contribution in [0.2, 0.25) is 5.02 Å². The molecule has 0 atom stereocenters. The van der Waals surface area contributed by atoms with Crippen molar-refractivity contribution < 1.29 is 9.53 Å². The molecule has 0 aliphatic rings. The van der Waals surface area contributed by atoms with Gasteiger partial charge >= 0.3 is 5.97 Å². The van der Waals surface area contributed by atoms with Gasteiger partial charge in [0.1, 0.15) is 5.65 Å². The second-order valence-corrected chi connectivity index (χ2v) is 5.63. The number of imidazole rings is 1. The number of benzene rings is 1. The third-order valence-electron chi connectivity index (χ3n) is 3.53. The van der Waals surface area contributed by atoms with E-state index in [0.717, 1.165) is 11.3 Å². The van der Waals surface area contributed by atoms with E-state index in [0.29, 0.717) is 22.2 Å². The van der Waals surface area contributed by atoms with Gasteiger partial charge in [0.25, 0.3) is 0 Å². The number of hydrogen-bond donors (Lipinski definition) is 0. The van der Waals surface area contributed by atoms with E-state index in [1.54, 1.807) is 22.7 Å². The Bertz CT molecular complexity index is 933. The van der Waals surface area contributed by atoms with Crippen molar-refractivity contribution in [1.82, 2.24) is 9.38 Å². The quantitative estimate of drug-likeness (QED) is 0.520. The lowest BCUT2D eigenvalue weighted by Gasteiger charge is -2.00. The fraction of sp³-hybridized carbons (Fsp3) is 0.176. The standard InChI is InChI=1S/C17H15ClN4O2/c1-11-5-3-4-6-13(11)20-21-17-14(9-16(23)24-2)19-15-8-7-12(18)10-22(15)17/h3-8,10H,9H2,1-2H3. The second kappa shape index (κ2) is 6.80. The maximum atomic E-state index is 11.6. The number of rotatable bonds is 4. The molecule has 0 spiro atoms. The number of fused-ring (bicyclic) bond motifs is 1. The van der Waals surface area contributed by atoms with Gasteiger partial charge in [0.15, 0.2) is 5.82 Å². The number of esters is 1. The van der Waals surface area contributed by atoms with Crippen molar-refractivity contribution in [3.8, 4) is 0 Å². The number of methoxy groups -OCH3 is 1. The molecule has 0 fully saturated rings. The SMILES string of the molecule is COC(=O)Cc1nc2ccc(Cl)cn2c1N=Nc1ccccc1C. The molecule has 3 aromatic rings. The van der Waals surface area contributed by atoms with Gasteiger partial charge in [-0.05, 0) is 30.7 Å². The van der Waals surface area contributed by atoms with Gasteiger partial charge in [0.2, 0.25) is 0 Å². The lowest BCUT2D eigenvalue weighted by atomic mass is 10.2. The molecule has 6 nitrogen and oxygen atoms in total. The van der Waals surface area contributed by atoms with Gasteiger partial charge in [-0.3, -0.25) is 9.20 Å². The summed E-state index contributed by atoms with van der Waals surface area (Å²) in [6.45, 7) is 1.95. The predicted molar refractivity (Wildman–Crippen MR) is 91.3 cm³/mol. The van der Waals surface area contributed by atoms with Crippen LogP contribution in [0.15, 0.2) is 52.8 Å². The number of ether oxygens (including phenoxy) is 1. The molecule has 0 bridgehead atoms. The molecule has 24 heavy (non-hydrogen) atoms. The minimum absolute atomic E-state index is 0.0118. The van der Waals surface area contributed by atoms with E-state index in [9.17, 15) is 4.79 Å². The highest BCUT2D eigenvalue weighted by molar-refractivity contribution is 6.30. The Kier molecular flexibility index (Phi) is 4.57. The molecular weight excluding hydrogens is 328 g/mol. The topological polar surface area (TPSA) is 68.3 Å². The summed E-state index contributed by atoms with van der Waals surface area (Å²) >= 11 is 6.06. The number of azo groups is 1. The van der Waals surface area contributed by atoms with E-state index in [4.69, 9.17) is 16.3 Å². The normalized spacial score (nSPS) is 11.3. The van der Waals surface area contributed by atoms with E-state index < -0.39 is 5.97 Å². The van der Waals surface area contributed by atoms with Crippen LogP contribution in [0.3, 0.4) is 0 Å².